The Morgan fingerprint density at radius 3 is 2.11 bits per heavy atom. The molecular weight excluding hydrogens is 274 g/mol. The average Bonchev–Trinajstić information content (AvgIpc) is 2.33. The number of anilines is 1. The van der Waals surface area contributed by atoms with E-state index in [9.17, 15) is 4.39 Å². The Balaban J connectivity index is 0.00000162. The smallest absolute Gasteiger partial charge is 0.123 e. The lowest BCUT2D eigenvalue weighted by Gasteiger charge is -2.18. The first-order valence-corrected chi connectivity index (χ1v) is 5.55. The largest absolute Gasteiger partial charge is 0.307 e. The molecule has 0 bridgehead atoms. The first kappa shape index (κ1) is 14.8. The van der Waals surface area contributed by atoms with Crippen molar-refractivity contribution in [2.45, 2.75) is 6.54 Å². The number of hydrazine groups is 1. The second-order valence-corrected chi connectivity index (χ2v) is 4.17. The summed E-state index contributed by atoms with van der Waals surface area (Å²) in [7, 11) is 0. The summed E-state index contributed by atoms with van der Waals surface area (Å²) in [4.78, 5) is 0. The van der Waals surface area contributed by atoms with Gasteiger partial charge in [-0.25, -0.2) is 10.2 Å². The minimum Gasteiger partial charge on any atom is -0.307 e. The van der Waals surface area contributed by atoms with Gasteiger partial charge in [-0.15, -0.1) is 12.4 Å². The van der Waals surface area contributed by atoms with E-state index in [0.717, 1.165) is 11.3 Å². The number of hydrogen-bond acceptors (Lipinski definition) is 2. The van der Waals surface area contributed by atoms with E-state index < -0.39 is 0 Å². The lowest BCUT2D eigenvalue weighted by molar-refractivity contribution is 0.627. The van der Waals surface area contributed by atoms with Crippen LogP contribution in [0.15, 0.2) is 48.5 Å². The van der Waals surface area contributed by atoms with E-state index in [4.69, 9.17) is 17.4 Å². The number of rotatable bonds is 3. The van der Waals surface area contributed by atoms with E-state index in [1.807, 2.05) is 24.3 Å². The summed E-state index contributed by atoms with van der Waals surface area (Å²) in [5.74, 6) is 5.62. The highest BCUT2D eigenvalue weighted by molar-refractivity contribution is 6.30. The Morgan fingerprint density at radius 2 is 1.56 bits per heavy atom. The summed E-state index contributed by atoms with van der Waals surface area (Å²) in [6.07, 6.45) is 0. The van der Waals surface area contributed by atoms with Crippen molar-refractivity contribution >= 4 is 29.7 Å². The van der Waals surface area contributed by atoms with Crippen LogP contribution in [-0.4, -0.2) is 0 Å². The van der Waals surface area contributed by atoms with Crippen molar-refractivity contribution in [3.05, 3.63) is 64.9 Å². The maximum atomic E-state index is 12.7. The summed E-state index contributed by atoms with van der Waals surface area (Å²) in [6, 6.07) is 13.5. The van der Waals surface area contributed by atoms with Crippen LogP contribution in [0.25, 0.3) is 0 Å². The van der Waals surface area contributed by atoms with E-state index in [2.05, 4.69) is 0 Å². The third kappa shape index (κ3) is 3.88. The van der Waals surface area contributed by atoms with Gasteiger partial charge < -0.3 is 5.01 Å². The van der Waals surface area contributed by atoms with Crippen molar-refractivity contribution in [1.82, 2.24) is 0 Å². The summed E-state index contributed by atoms with van der Waals surface area (Å²) < 4.78 is 12.7. The van der Waals surface area contributed by atoms with Crippen LogP contribution in [0.1, 0.15) is 5.56 Å². The molecule has 2 rings (SSSR count). The molecule has 0 atom stereocenters. The van der Waals surface area contributed by atoms with Gasteiger partial charge >= 0.3 is 0 Å². The Morgan fingerprint density at radius 1 is 1.00 bits per heavy atom. The van der Waals surface area contributed by atoms with Crippen LogP contribution in [0.2, 0.25) is 5.02 Å². The van der Waals surface area contributed by atoms with Crippen molar-refractivity contribution in [3.8, 4) is 0 Å². The quantitative estimate of drug-likeness (QED) is 0.687. The normalized spacial score (nSPS) is 9.72. The molecule has 2 nitrogen and oxygen atoms in total. The average molecular weight is 287 g/mol. The number of nitrogens with two attached hydrogens (primary N) is 1. The number of benzene rings is 2. The van der Waals surface area contributed by atoms with Crippen molar-refractivity contribution < 1.29 is 4.39 Å². The molecule has 0 saturated carbocycles. The lowest BCUT2D eigenvalue weighted by Crippen LogP contribution is -2.29. The molecule has 2 aromatic rings. The van der Waals surface area contributed by atoms with Gasteiger partial charge in [-0.1, -0.05) is 23.7 Å². The fourth-order valence-electron chi connectivity index (χ4n) is 1.51. The zero-order chi connectivity index (χ0) is 12.3. The molecule has 0 spiro atoms. The molecule has 0 aromatic heterocycles. The van der Waals surface area contributed by atoms with Gasteiger partial charge in [0, 0.05) is 5.02 Å². The van der Waals surface area contributed by atoms with Crippen LogP contribution in [0.4, 0.5) is 10.1 Å². The Kier molecular flexibility index (Phi) is 5.41. The van der Waals surface area contributed by atoms with Crippen molar-refractivity contribution in [1.29, 1.82) is 0 Å². The van der Waals surface area contributed by atoms with Crippen LogP contribution in [0.5, 0.6) is 0 Å². The van der Waals surface area contributed by atoms with Gasteiger partial charge in [0.25, 0.3) is 0 Å². The minimum atomic E-state index is -0.270. The highest BCUT2D eigenvalue weighted by atomic mass is 35.5. The molecule has 0 saturated heterocycles. The molecule has 0 radical (unpaired) electrons. The molecule has 0 amide bonds. The zero-order valence-electron chi connectivity index (χ0n) is 9.51. The monoisotopic (exact) mass is 286 g/mol. The number of halogens is 3. The van der Waals surface area contributed by atoms with E-state index in [-0.39, 0.29) is 18.2 Å². The first-order chi connectivity index (χ1) is 8.15. The second kappa shape index (κ2) is 6.59. The second-order valence-electron chi connectivity index (χ2n) is 3.73. The molecular formula is C13H13Cl2FN2. The fourth-order valence-corrected chi connectivity index (χ4v) is 1.64. The maximum Gasteiger partial charge on any atom is 0.123 e. The third-order valence-corrected chi connectivity index (χ3v) is 2.68. The van der Waals surface area contributed by atoms with E-state index in [1.54, 1.807) is 17.1 Å². The van der Waals surface area contributed by atoms with Crippen LogP contribution < -0.4 is 10.9 Å². The Hall–Kier alpha value is -1.29. The SMILES string of the molecule is Cl.NN(Cc1ccc(Cl)cc1)c1ccc(F)cc1. The minimum absolute atomic E-state index is 0. The van der Waals surface area contributed by atoms with E-state index in [1.165, 1.54) is 12.1 Å². The fraction of sp³-hybridized carbons (Fsp3) is 0.0769. The van der Waals surface area contributed by atoms with Crippen LogP contribution in [0, 0.1) is 5.82 Å². The van der Waals surface area contributed by atoms with Crippen molar-refractivity contribution in [2.75, 3.05) is 5.01 Å². The molecule has 2 aromatic carbocycles. The maximum absolute atomic E-state index is 12.7. The first-order valence-electron chi connectivity index (χ1n) is 5.17. The van der Waals surface area contributed by atoms with Gasteiger partial charge in [-0.3, -0.25) is 0 Å². The molecule has 0 fully saturated rings. The molecule has 0 unspecified atom stereocenters. The highest BCUT2D eigenvalue weighted by Crippen LogP contribution is 2.16. The van der Waals surface area contributed by atoms with Crippen molar-refractivity contribution in [3.63, 3.8) is 0 Å². The van der Waals surface area contributed by atoms with Crippen LogP contribution in [-0.2, 0) is 6.54 Å². The topological polar surface area (TPSA) is 29.3 Å². The van der Waals surface area contributed by atoms with Gasteiger partial charge in [-0.2, -0.15) is 0 Å². The van der Waals surface area contributed by atoms with Gasteiger partial charge in [0.2, 0.25) is 0 Å². The highest BCUT2D eigenvalue weighted by Gasteiger charge is 2.02. The van der Waals surface area contributed by atoms with Gasteiger partial charge in [0.05, 0.1) is 12.2 Å². The summed E-state index contributed by atoms with van der Waals surface area (Å²) in [6.45, 7) is 0.544. The molecule has 2 N–H and O–H groups in total. The standard InChI is InChI=1S/C13H12ClFN2.ClH/c14-11-3-1-10(2-4-11)9-17(16)13-7-5-12(15)6-8-13;/h1-8H,9,16H2;1H. The Labute approximate surface area is 117 Å². The molecule has 96 valence electrons. The summed E-state index contributed by atoms with van der Waals surface area (Å²) in [5, 5.41) is 2.25. The molecule has 0 aliphatic heterocycles. The van der Waals surface area contributed by atoms with Crippen molar-refractivity contribution in [2.24, 2.45) is 5.84 Å². The predicted molar refractivity (Wildman–Crippen MR) is 75.5 cm³/mol. The zero-order valence-corrected chi connectivity index (χ0v) is 11.1. The van der Waals surface area contributed by atoms with E-state index in [0.29, 0.717) is 11.6 Å². The van der Waals surface area contributed by atoms with Gasteiger partial charge in [-0.05, 0) is 42.0 Å². The molecule has 5 heteroatoms. The summed E-state index contributed by atoms with van der Waals surface area (Å²) >= 11 is 5.80. The van der Waals surface area contributed by atoms with Gasteiger partial charge in [0.15, 0.2) is 0 Å². The molecule has 0 aliphatic rings. The van der Waals surface area contributed by atoms with Crippen LogP contribution in [0.3, 0.4) is 0 Å². The molecule has 0 heterocycles. The number of nitrogens with zero attached hydrogens (tertiary/aromatic N) is 1. The molecule has 18 heavy (non-hydrogen) atoms. The van der Waals surface area contributed by atoms with Crippen LogP contribution >= 0.6 is 24.0 Å². The Bertz CT molecular complexity index is 485. The summed E-state index contributed by atoms with van der Waals surface area (Å²) in [5.41, 5.74) is 1.81. The van der Waals surface area contributed by atoms with Gasteiger partial charge in [0.1, 0.15) is 5.82 Å². The number of hydrogen-bond donors (Lipinski definition) is 1. The predicted octanol–water partition coefficient (Wildman–Crippen LogP) is 3.78. The third-order valence-electron chi connectivity index (χ3n) is 2.42. The lowest BCUT2D eigenvalue weighted by atomic mass is 10.2. The molecule has 0 aliphatic carbocycles. The van der Waals surface area contributed by atoms with E-state index >= 15 is 0 Å².